The molecule has 0 radical (unpaired) electrons. The van der Waals surface area contributed by atoms with Gasteiger partial charge in [0.1, 0.15) is 5.52 Å². The number of hydrogen-bond acceptors (Lipinski definition) is 5. The monoisotopic (exact) mass is 502 g/mol. The van der Waals surface area contributed by atoms with Crippen LogP contribution in [0.3, 0.4) is 0 Å². The van der Waals surface area contributed by atoms with Crippen molar-refractivity contribution in [2.24, 2.45) is 0 Å². The number of rotatable bonds is 5. The predicted octanol–water partition coefficient (Wildman–Crippen LogP) is 8.35. The van der Waals surface area contributed by atoms with E-state index in [0.29, 0.717) is 28.9 Å². The molecule has 0 aliphatic carbocycles. The van der Waals surface area contributed by atoms with Crippen molar-refractivity contribution in [3.05, 3.63) is 133 Å². The third-order valence-electron chi connectivity index (χ3n) is 6.58. The fourth-order valence-corrected chi connectivity index (χ4v) is 4.56. The van der Waals surface area contributed by atoms with E-state index >= 15 is 0 Å². The summed E-state index contributed by atoms with van der Waals surface area (Å²) in [6.07, 6.45) is 0. The molecule has 0 saturated heterocycles. The van der Waals surface area contributed by atoms with Crippen molar-refractivity contribution in [2.45, 2.75) is 0 Å². The number of oxazole rings is 1. The molecule has 184 valence electrons. The maximum atomic E-state index is 6.12. The Hall–Kier alpha value is -5.42. The summed E-state index contributed by atoms with van der Waals surface area (Å²) in [6.45, 7) is 0. The molecule has 0 saturated carbocycles. The molecule has 5 nitrogen and oxygen atoms in total. The second kappa shape index (κ2) is 9.80. The van der Waals surface area contributed by atoms with Gasteiger partial charge < -0.3 is 4.42 Å². The van der Waals surface area contributed by atoms with Crippen molar-refractivity contribution in [1.82, 2.24) is 19.9 Å². The predicted molar refractivity (Wildman–Crippen MR) is 155 cm³/mol. The highest BCUT2D eigenvalue weighted by molar-refractivity contribution is 5.81. The molecule has 0 aliphatic heterocycles. The summed E-state index contributed by atoms with van der Waals surface area (Å²) in [7, 11) is 0. The molecule has 5 heteroatoms. The zero-order chi connectivity index (χ0) is 26.0. The Morgan fingerprint density at radius 3 is 1.41 bits per heavy atom. The van der Waals surface area contributed by atoms with Crippen molar-refractivity contribution >= 4 is 11.1 Å². The number of hydrogen-bond donors (Lipinski definition) is 0. The first-order valence-electron chi connectivity index (χ1n) is 12.7. The van der Waals surface area contributed by atoms with Crippen LogP contribution in [0.4, 0.5) is 0 Å². The first-order valence-corrected chi connectivity index (χ1v) is 12.7. The van der Waals surface area contributed by atoms with E-state index in [2.05, 4.69) is 41.4 Å². The number of fused-ring (bicyclic) bond motifs is 1. The standard InChI is InChI=1S/C34H22N4O/c1-4-10-23(11-5-1)24-16-18-26(19-17-24)32-36-31(25-12-6-2-7-13-25)37-33(38-32)28-20-21-29-30(22-28)39-34(35-29)27-14-8-3-9-15-27/h1-22H. The van der Waals surface area contributed by atoms with Crippen LogP contribution in [0.5, 0.6) is 0 Å². The van der Waals surface area contributed by atoms with Gasteiger partial charge in [0.15, 0.2) is 23.1 Å². The van der Waals surface area contributed by atoms with Gasteiger partial charge in [-0.1, -0.05) is 103 Å². The summed E-state index contributed by atoms with van der Waals surface area (Å²) < 4.78 is 6.12. The molecular formula is C34H22N4O. The molecule has 0 aliphatic rings. The van der Waals surface area contributed by atoms with Gasteiger partial charge in [0.2, 0.25) is 5.89 Å². The first kappa shape index (κ1) is 22.8. The topological polar surface area (TPSA) is 64.7 Å². The third-order valence-corrected chi connectivity index (χ3v) is 6.58. The van der Waals surface area contributed by atoms with E-state index in [4.69, 9.17) is 19.4 Å². The molecule has 0 atom stereocenters. The van der Waals surface area contributed by atoms with Crippen LogP contribution in [0.1, 0.15) is 0 Å². The maximum absolute atomic E-state index is 6.12. The maximum Gasteiger partial charge on any atom is 0.227 e. The molecule has 0 amide bonds. The average molecular weight is 503 g/mol. The molecule has 5 aromatic carbocycles. The van der Waals surface area contributed by atoms with Crippen LogP contribution < -0.4 is 0 Å². The van der Waals surface area contributed by atoms with Crippen molar-refractivity contribution < 1.29 is 4.42 Å². The van der Waals surface area contributed by atoms with Crippen LogP contribution in [-0.4, -0.2) is 19.9 Å². The molecular weight excluding hydrogens is 480 g/mol. The van der Waals surface area contributed by atoms with Crippen LogP contribution in [0.2, 0.25) is 0 Å². The summed E-state index contributed by atoms with van der Waals surface area (Å²) in [5, 5.41) is 0. The Bertz CT molecular complexity index is 1880. The van der Waals surface area contributed by atoms with Gasteiger partial charge in [-0.3, -0.25) is 0 Å². The SMILES string of the molecule is c1ccc(-c2ccc(-c3nc(-c4ccccc4)nc(-c4ccc5nc(-c6ccccc6)oc5c4)n3)cc2)cc1. The highest BCUT2D eigenvalue weighted by Crippen LogP contribution is 2.30. The Labute approximate surface area is 225 Å². The minimum Gasteiger partial charge on any atom is -0.436 e. The first-order chi connectivity index (χ1) is 19.3. The summed E-state index contributed by atoms with van der Waals surface area (Å²) in [5.74, 6) is 2.39. The van der Waals surface area contributed by atoms with Crippen LogP contribution in [0, 0.1) is 0 Å². The Morgan fingerprint density at radius 1 is 0.359 bits per heavy atom. The van der Waals surface area contributed by atoms with Gasteiger partial charge in [0.05, 0.1) is 0 Å². The van der Waals surface area contributed by atoms with E-state index < -0.39 is 0 Å². The zero-order valence-corrected chi connectivity index (χ0v) is 20.9. The normalized spacial score (nSPS) is 11.1. The van der Waals surface area contributed by atoms with E-state index in [1.165, 1.54) is 5.56 Å². The summed E-state index contributed by atoms with van der Waals surface area (Å²) in [5.41, 5.74) is 7.39. The third kappa shape index (κ3) is 4.58. The fraction of sp³-hybridized carbons (Fsp3) is 0. The fourth-order valence-electron chi connectivity index (χ4n) is 4.56. The lowest BCUT2D eigenvalue weighted by atomic mass is 10.0. The van der Waals surface area contributed by atoms with Crippen LogP contribution in [0.15, 0.2) is 138 Å². The lowest BCUT2D eigenvalue weighted by Gasteiger charge is -2.09. The van der Waals surface area contributed by atoms with Gasteiger partial charge >= 0.3 is 0 Å². The highest BCUT2D eigenvalue weighted by Gasteiger charge is 2.15. The average Bonchev–Trinajstić information content (AvgIpc) is 3.46. The minimum absolute atomic E-state index is 0.575. The quantitative estimate of drug-likeness (QED) is 0.237. The largest absolute Gasteiger partial charge is 0.436 e. The molecule has 0 N–H and O–H groups in total. The smallest absolute Gasteiger partial charge is 0.227 e. The van der Waals surface area contributed by atoms with Crippen LogP contribution in [-0.2, 0) is 0 Å². The lowest BCUT2D eigenvalue weighted by Crippen LogP contribution is -2.00. The van der Waals surface area contributed by atoms with Gasteiger partial charge in [-0.05, 0) is 41.5 Å². The van der Waals surface area contributed by atoms with Crippen molar-refractivity contribution in [3.63, 3.8) is 0 Å². The van der Waals surface area contributed by atoms with E-state index in [-0.39, 0.29) is 0 Å². The minimum atomic E-state index is 0.575. The second-order valence-electron chi connectivity index (χ2n) is 9.18. The molecule has 0 bridgehead atoms. The van der Waals surface area contributed by atoms with Crippen LogP contribution >= 0.6 is 0 Å². The Kier molecular flexibility index (Phi) is 5.72. The second-order valence-corrected chi connectivity index (χ2v) is 9.18. The summed E-state index contributed by atoms with van der Waals surface area (Å²) in [4.78, 5) is 19.3. The van der Waals surface area contributed by atoms with Gasteiger partial charge in [-0.2, -0.15) is 0 Å². The Morgan fingerprint density at radius 2 is 0.795 bits per heavy atom. The number of benzene rings is 5. The van der Waals surface area contributed by atoms with Crippen molar-refractivity contribution in [1.29, 1.82) is 0 Å². The highest BCUT2D eigenvalue weighted by atomic mass is 16.3. The summed E-state index contributed by atoms with van der Waals surface area (Å²) in [6, 6.07) is 44.4. The number of nitrogens with zero attached hydrogens (tertiary/aromatic N) is 4. The Balaban J connectivity index is 1.32. The van der Waals surface area contributed by atoms with Crippen molar-refractivity contribution in [2.75, 3.05) is 0 Å². The van der Waals surface area contributed by atoms with Crippen LogP contribution in [0.25, 0.3) is 67.8 Å². The van der Waals surface area contributed by atoms with Gasteiger partial charge in [0, 0.05) is 22.3 Å². The van der Waals surface area contributed by atoms with Gasteiger partial charge in [0.25, 0.3) is 0 Å². The molecule has 0 spiro atoms. The van der Waals surface area contributed by atoms with Gasteiger partial charge in [-0.15, -0.1) is 0 Å². The molecule has 0 fully saturated rings. The molecule has 2 aromatic heterocycles. The molecule has 7 aromatic rings. The van der Waals surface area contributed by atoms with E-state index in [1.807, 2.05) is 97.1 Å². The lowest BCUT2D eigenvalue weighted by molar-refractivity contribution is 0.620. The molecule has 39 heavy (non-hydrogen) atoms. The van der Waals surface area contributed by atoms with Gasteiger partial charge in [-0.25, -0.2) is 19.9 Å². The zero-order valence-electron chi connectivity index (χ0n) is 20.9. The van der Waals surface area contributed by atoms with Crippen molar-refractivity contribution in [3.8, 4) is 56.7 Å². The van der Waals surface area contributed by atoms with E-state index in [1.54, 1.807) is 0 Å². The molecule has 2 heterocycles. The molecule has 0 unspecified atom stereocenters. The van der Waals surface area contributed by atoms with E-state index in [0.717, 1.165) is 33.3 Å². The number of aromatic nitrogens is 4. The summed E-state index contributed by atoms with van der Waals surface area (Å²) >= 11 is 0. The van der Waals surface area contributed by atoms with E-state index in [9.17, 15) is 0 Å². The molecule has 7 rings (SSSR count).